The van der Waals surface area contributed by atoms with Crippen molar-refractivity contribution in [2.24, 2.45) is 5.92 Å². The van der Waals surface area contributed by atoms with Crippen molar-refractivity contribution in [1.82, 2.24) is 9.80 Å². The van der Waals surface area contributed by atoms with Crippen molar-refractivity contribution in [2.75, 3.05) is 13.3 Å². The number of rotatable bonds is 8. The zero-order chi connectivity index (χ0) is 21.4. The highest BCUT2D eigenvalue weighted by molar-refractivity contribution is 5.86. The third-order valence-electron chi connectivity index (χ3n) is 6.34. The fourth-order valence-corrected chi connectivity index (χ4v) is 4.16. The van der Waals surface area contributed by atoms with E-state index in [1.807, 2.05) is 42.2 Å². The zero-order valence-electron chi connectivity index (χ0n) is 17.8. The Hall–Kier alpha value is -2.96. The SMILES string of the molecule is Cc1ccc(CN(Cc2ccc3c(c2)OCO3)C(=O)CN(C(=O)C2CCC2)C2CC2)o1. The van der Waals surface area contributed by atoms with Gasteiger partial charge in [0.25, 0.3) is 0 Å². The van der Waals surface area contributed by atoms with E-state index in [0.717, 1.165) is 49.2 Å². The highest BCUT2D eigenvalue weighted by atomic mass is 16.7. The van der Waals surface area contributed by atoms with Gasteiger partial charge in [-0.25, -0.2) is 0 Å². The molecule has 0 atom stereocenters. The predicted octanol–water partition coefficient (Wildman–Crippen LogP) is 3.64. The largest absolute Gasteiger partial charge is 0.464 e. The number of hydrogen-bond acceptors (Lipinski definition) is 5. The average Bonchev–Trinajstić information content (AvgIpc) is 3.30. The lowest BCUT2D eigenvalue weighted by Crippen LogP contribution is -2.46. The monoisotopic (exact) mass is 424 g/mol. The molecule has 0 saturated heterocycles. The molecular formula is C24H28N2O5. The fraction of sp³-hybridized carbons (Fsp3) is 0.500. The molecule has 0 N–H and O–H groups in total. The molecule has 2 saturated carbocycles. The molecule has 0 spiro atoms. The van der Waals surface area contributed by atoms with Crippen molar-refractivity contribution in [3.8, 4) is 11.5 Å². The Balaban J connectivity index is 1.33. The number of ether oxygens (including phenoxy) is 2. The Kier molecular flexibility index (Phi) is 5.34. The number of benzene rings is 1. The molecule has 7 nitrogen and oxygen atoms in total. The molecule has 2 aliphatic carbocycles. The van der Waals surface area contributed by atoms with Crippen LogP contribution in [0.1, 0.15) is 49.2 Å². The van der Waals surface area contributed by atoms with Crippen LogP contribution in [0.25, 0.3) is 0 Å². The van der Waals surface area contributed by atoms with Gasteiger partial charge in [0.2, 0.25) is 18.6 Å². The maximum atomic E-state index is 13.4. The molecule has 1 aromatic carbocycles. The van der Waals surface area contributed by atoms with Gasteiger partial charge in [0, 0.05) is 18.5 Å². The van der Waals surface area contributed by atoms with Gasteiger partial charge in [0.1, 0.15) is 18.1 Å². The van der Waals surface area contributed by atoms with E-state index in [4.69, 9.17) is 13.9 Å². The highest BCUT2D eigenvalue weighted by Crippen LogP contribution is 2.35. The van der Waals surface area contributed by atoms with E-state index < -0.39 is 0 Å². The van der Waals surface area contributed by atoms with E-state index >= 15 is 0 Å². The quantitative estimate of drug-likeness (QED) is 0.647. The summed E-state index contributed by atoms with van der Waals surface area (Å²) < 4.78 is 16.6. The van der Waals surface area contributed by atoms with E-state index in [1.165, 1.54) is 0 Å². The van der Waals surface area contributed by atoms with E-state index in [2.05, 4.69) is 0 Å². The Morgan fingerprint density at radius 3 is 2.48 bits per heavy atom. The first-order valence-corrected chi connectivity index (χ1v) is 11.1. The number of nitrogens with zero attached hydrogens (tertiary/aromatic N) is 2. The summed E-state index contributed by atoms with van der Waals surface area (Å²) >= 11 is 0. The third-order valence-corrected chi connectivity index (χ3v) is 6.34. The smallest absolute Gasteiger partial charge is 0.242 e. The van der Waals surface area contributed by atoms with Crippen LogP contribution in [-0.4, -0.2) is 41.0 Å². The van der Waals surface area contributed by atoms with E-state index in [-0.39, 0.29) is 37.1 Å². The maximum absolute atomic E-state index is 13.4. The minimum atomic E-state index is -0.0636. The van der Waals surface area contributed by atoms with Gasteiger partial charge in [-0.2, -0.15) is 0 Å². The van der Waals surface area contributed by atoms with Crippen LogP contribution in [0.2, 0.25) is 0 Å². The molecule has 2 aromatic rings. The van der Waals surface area contributed by atoms with Crippen molar-refractivity contribution in [3.05, 3.63) is 47.4 Å². The van der Waals surface area contributed by atoms with Crippen LogP contribution in [0, 0.1) is 12.8 Å². The van der Waals surface area contributed by atoms with Crippen molar-refractivity contribution >= 4 is 11.8 Å². The minimum absolute atomic E-state index is 0.0636. The third kappa shape index (κ3) is 4.40. The van der Waals surface area contributed by atoms with Gasteiger partial charge in [-0.3, -0.25) is 9.59 Å². The summed E-state index contributed by atoms with van der Waals surface area (Å²) in [4.78, 5) is 29.9. The lowest BCUT2D eigenvalue weighted by Gasteiger charge is -2.33. The molecule has 0 bridgehead atoms. The first-order chi connectivity index (χ1) is 15.1. The molecule has 0 unspecified atom stereocenters. The van der Waals surface area contributed by atoms with E-state index in [9.17, 15) is 9.59 Å². The lowest BCUT2D eigenvalue weighted by atomic mass is 9.84. The Morgan fingerprint density at radius 2 is 1.81 bits per heavy atom. The first kappa shape index (κ1) is 20.0. The topological polar surface area (TPSA) is 72.2 Å². The van der Waals surface area contributed by atoms with Crippen molar-refractivity contribution in [2.45, 2.75) is 58.2 Å². The van der Waals surface area contributed by atoms with Crippen LogP contribution in [0.5, 0.6) is 11.5 Å². The number of aryl methyl sites for hydroxylation is 1. The minimum Gasteiger partial charge on any atom is -0.464 e. The highest BCUT2D eigenvalue weighted by Gasteiger charge is 2.39. The van der Waals surface area contributed by atoms with Gasteiger partial charge in [0.15, 0.2) is 11.5 Å². The number of carbonyl (C=O) groups excluding carboxylic acids is 2. The second-order valence-corrected chi connectivity index (χ2v) is 8.77. The van der Waals surface area contributed by atoms with Crippen LogP contribution in [0.4, 0.5) is 0 Å². The van der Waals surface area contributed by atoms with Crippen molar-refractivity contribution in [3.63, 3.8) is 0 Å². The molecular weight excluding hydrogens is 396 g/mol. The number of amides is 2. The second kappa shape index (κ2) is 8.29. The average molecular weight is 424 g/mol. The summed E-state index contributed by atoms with van der Waals surface area (Å²) in [6.45, 7) is 3.00. The predicted molar refractivity (Wildman–Crippen MR) is 112 cm³/mol. The van der Waals surface area contributed by atoms with Gasteiger partial charge >= 0.3 is 0 Å². The summed E-state index contributed by atoms with van der Waals surface area (Å²) in [5.41, 5.74) is 0.948. The van der Waals surface area contributed by atoms with E-state index in [0.29, 0.717) is 24.6 Å². The van der Waals surface area contributed by atoms with E-state index in [1.54, 1.807) is 4.90 Å². The van der Waals surface area contributed by atoms with Crippen LogP contribution in [0.15, 0.2) is 34.7 Å². The summed E-state index contributed by atoms with van der Waals surface area (Å²) in [6.07, 6.45) is 4.99. The Morgan fingerprint density at radius 1 is 1.00 bits per heavy atom. The molecule has 3 aliphatic rings. The molecule has 2 fully saturated rings. The van der Waals surface area contributed by atoms with Crippen molar-refractivity contribution < 1.29 is 23.5 Å². The van der Waals surface area contributed by atoms with Crippen molar-refractivity contribution in [1.29, 1.82) is 0 Å². The van der Waals surface area contributed by atoms with Crippen LogP contribution in [-0.2, 0) is 22.7 Å². The summed E-state index contributed by atoms with van der Waals surface area (Å²) in [7, 11) is 0. The number of carbonyl (C=O) groups is 2. The molecule has 0 radical (unpaired) electrons. The molecule has 5 rings (SSSR count). The fourth-order valence-electron chi connectivity index (χ4n) is 4.16. The number of fused-ring (bicyclic) bond motifs is 1. The number of hydrogen-bond donors (Lipinski definition) is 0. The summed E-state index contributed by atoms with van der Waals surface area (Å²) in [5.74, 6) is 3.14. The van der Waals surface area contributed by atoms with Gasteiger partial charge in [-0.05, 0) is 62.4 Å². The molecule has 7 heteroatoms. The first-order valence-electron chi connectivity index (χ1n) is 11.1. The number of furan rings is 1. The standard InChI is InChI=1S/C24H28N2O5/c1-16-5-9-20(31-16)13-25(12-17-6-10-21-22(11-17)30-15-29-21)23(27)14-26(19-7-8-19)24(28)18-3-2-4-18/h5-6,9-11,18-19H,2-4,7-8,12-15H2,1H3. The Labute approximate surface area is 181 Å². The molecule has 1 aliphatic heterocycles. The molecule has 2 heterocycles. The summed E-state index contributed by atoms with van der Waals surface area (Å²) in [5, 5.41) is 0. The van der Waals surface area contributed by atoms with Crippen LogP contribution in [0.3, 0.4) is 0 Å². The maximum Gasteiger partial charge on any atom is 0.242 e. The van der Waals surface area contributed by atoms with Gasteiger partial charge in [-0.1, -0.05) is 12.5 Å². The normalized spacial score (nSPS) is 17.3. The Bertz CT molecular complexity index is 976. The van der Waals surface area contributed by atoms with Gasteiger partial charge < -0.3 is 23.7 Å². The lowest BCUT2D eigenvalue weighted by molar-refractivity contribution is -0.145. The van der Waals surface area contributed by atoms with Crippen LogP contribution < -0.4 is 9.47 Å². The molecule has 1 aromatic heterocycles. The van der Waals surface area contributed by atoms with Gasteiger partial charge in [0.05, 0.1) is 6.54 Å². The van der Waals surface area contributed by atoms with Crippen LogP contribution >= 0.6 is 0 Å². The zero-order valence-corrected chi connectivity index (χ0v) is 17.8. The molecule has 164 valence electrons. The summed E-state index contributed by atoms with van der Waals surface area (Å²) in [6, 6.07) is 9.74. The molecule has 31 heavy (non-hydrogen) atoms. The molecule has 2 amide bonds. The van der Waals surface area contributed by atoms with Gasteiger partial charge in [-0.15, -0.1) is 0 Å². The second-order valence-electron chi connectivity index (χ2n) is 8.77.